The zero-order chi connectivity index (χ0) is 15.0. The molecule has 0 N–H and O–H groups in total. The molecule has 20 heavy (non-hydrogen) atoms. The number of ether oxygens (including phenoxy) is 2. The Bertz CT molecular complexity index is 564. The smallest absolute Gasteiger partial charge is 0.161 e. The van der Waals surface area contributed by atoms with E-state index in [9.17, 15) is 9.90 Å². The summed E-state index contributed by atoms with van der Waals surface area (Å²) in [5.74, 6) is -0.355. The van der Waals surface area contributed by atoms with Crippen LogP contribution in [0, 0.1) is 0 Å². The van der Waals surface area contributed by atoms with Crippen molar-refractivity contribution in [3.05, 3.63) is 39.9 Å². The normalized spacial score (nSPS) is 10.6. The summed E-state index contributed by atoms with van der Waals surface area (Å²) in [5.41, 5.74) is 8.22. The molecule has 0 saturated carbocycles. The lowest BCUT2D eigenvalue weighted by atomic mass is 10.1. The summed E-state index contributed by atoms with van der Waals surface area (Å²) in [4.78, 5) is 13.2. The average molecular weight is 297 g/mol. The van der Waals surface area contributed by atoms with E-state index in [1.54, 1.807) is 18.2 Å². The minimum absolute atomic E-state index is 0.316. The number of rotatable bonds is 7. The van der Waals surface area contributed by atoms with Crippen molar-refractivity contribution in [1.29, 1.82) is 0 Å². The summed E-state index contributed by atoms with van der Waals surface area (Å²) in [6.07, 6.45) is 1.17. The number of benzene rings is 1. The SMILES string of the molecule is COc1cc(C=C(N=[N+]=[N-])C(=O)[O-])ccc1OCCCl. The lowest BCUT2D eigenvalue weighted by Crippen LogP contribution is -2.23. The summed E-state index contributed by atoms with van der Waals surface area (Å²) >= 11 is 5.52. The van der Waals surface area contributed by atoms with Gasteiger partial charge >= 0.3 is 0 Å². The number of carboxylic acids is 1. The van der Waals surface area contributed by atoms with Crippen LogP contribution in [-0.2, 0) is 4.79 Å². The van der Waals surface area contributed by atoms with E-state index in [1.807, 2.05) is 0 Å². The minimum Gasteiger partial charge on any atom is -0.545 e. The van der Waals surface area contributed by atoms with Gasteiger partial charge in [0, 0.05) is 4.91 Å². The number of hydrogen-bond acceptors (Lipinski definition) is 5. The fourth-order valence-electron chi connectivity index (χ4n) is 1.38. The van der Waals surface area contributed by atoms with Crippen molar-refractivity contribution < 1.29 is 19.4 Å². The Balaban J connectivity index is 3.11. The van der Waals surface area contributed by atoms with E-state index in [2.05, 4.69) is 10.0 Å². The lowest BCUT2D eigenvalue weighted by molar-refractivity contribution is -0.299. The maximum Gasteiger partial charge on any atom is 0.161 e. The molecule has 0 radical (unpaired) electrons. The molecule has 0 amide bonds. The van der Waals surface area contributed by atoms with Gasteiger partial charge in [-0.3, -0.25) is 0 Å². The number of hydrogen-bond donors (Lipinski definition) is 0. The van der Waals surface area contributed by atoms with Gasteiger partial charge in [-0.05, 0) is 29.3 Å². The highest BCUT2D eigenvalue weighted by Gasteiger charge is 2.05. The van der Waals surface area contributed by atoms with Crippen molar-refractivity contribution in [3.8, 4) is 11.5 Å². The molecule has 0 aromatic heterocycles. The molecule has 7 nitrogen and oxygen atoms in total. The molecule has 1 aromatic carbocycles. The van der Waals surface area contributed by atoms with Crippen LogP contribution in [0.2, 0.25) is 0 Å². The summed E-state index contributed by atoms with van der Waals surface area (Å²) in [6.45, 7) is 0.316. The fraction of sp³-hybridized carbons (Fsp3) is 0.250. The zero-order valence-corrected chi connectivity index (χ0v) is 11.3. The minimum atomic E-state index is -1.57. The van der Waals surface area contributed by atoms with Crippen molar-refractivity contribution in [2.45, 2.75) is 0 Å². The third kappa shape index (κ3) is 4.38. The summed E-state index contributed by atoms with van der Waals surface area (Å²) in [7, 11) is 1.45. The van der Waals surface area contributed by atoms with Gasteiger partial charge < -0.3 is 19.4 Å². The molecule has 0 aliphatic rings. The molecule has 0 spiro atoms. The van der Waals surface area contributed by atoms with Crippen molar-refractivity contribution >= 4 is 23.6 Å². The highest BCUT2D eigenvalue weighted by Crippen LogP contribution is 2.29. The van der Waals surface area contributed by atoms with Crippen molar-refractivity contribution in [2.24, 2.45) is 5.11 Å². The fourth-order valence-corrected chi connectivity index (χ4v) is 1.45. The lowest BCUT2D eigenvalue weighted by Gasteiger charge is -2.10. The monoisotopic (exact) mass is 296 g/mol. The maximum absolute atomic E-state index is 10.7. The van der Waals surface area contributed by atoms with Gasteiger partial charge in [0.25, 0.3) is 0 Å². The number of aliphatic carboxylic acids is 1. The summed E-state index contributed by atoms with van der Waals surface area (Å²) < 4.78 is 10.5. The molecule has 0 atom stereocenters. The van der Waals surface area contributed by atoms with E-state index in [0.29, 0.717) is 29.5 Å². The van der Waals surface area contributed by atoms with E-state index < -0.39 is 11.7 Å². The van der Waals surface area contributed by atoms with Crippen LogP contribution in [0.15, 0.2) is 29.0 Å². The first-order valence-electron chi connectivity index (χ1n) is 5.47. The molecule has 0 aliphatic heterocycles. The second-order valence-electron chi connectivity index (χ2n) is 3.45. The molecular formula is C12H11ClN3O4-. The summed E-state index contributed by atoms with van der Waals surface area (Å²) in [5, 5.41) is 13.8. The second-order valence-corrected chi connectivity index (χ2v) is 3.83. The molecule has 8 heteroatoms. The Morgan fingerprint density at radius 1 is 1.55 bits per heavy atom. The quantitative estimate of drug-likeness (QED) is 0.251. The number of carbonyl (C=O) groups excluding carboxylic acids is 1. The standard InChI is InChI=1S/C12H12ClN3O4/c1-19-11-7-8(2-3-10(11)20-5-4-13)6-9(12(17)18)15-16-14/h2-3,6-7H,4-5H2,1H3,(H,17,18)/p-1. The largest absolute Gasteiger partial charge is 0.545 e. The topological polar surface area (TPSA) is 107 Å². The third-order valence-electron chi connectivity index (χ3n) is 2.19. The van der Waals surface area contributed by atoms with Crippen molar-refractivity contribution in [1.82, 2.24) is 0 Å². The van der Waals surface area contributed by atoms with E-state index in [-0.39, 0.29) is 0 Å². The van der Waals surface area contributed by atoms with Gasteiger partial charge in [-0.15, -0.1) is 11.6 Å². The molecular weight excluding hydrogens is 286 g/mol. The Morgan fingerprint density at radius 2 is 2.30 bits per heavy atom. The second kappa shape index (κ2) is 7.93. The molecule has 0 bridgehead atoms. The average Bonchev–Trinajstić information content (AvgIpc) is 2.45. The van der Waals surface area contributed by atoms with Crippen LogP contribution in [0.1, 0.15) is 5.56 Å². The molecule has 1 aromatic rings. The van der Waals surface area contributed by atoms with Crippen LogP contribution in [0.3, 0.4) is 0 Å². The van der Waals surface area contributed by atoms with E-state index in [0.717, 1.165) is 0 Å². The first-order valence-corrected chi connectivity index (χ1v) is 6.00. The van der Waals surface area contributed by atoms with Gasteiger partial charge in [-0.25, -0.2) is 0 Å². The molecule has 106 valence electrons. The van der Waals surface area contributed by atoms with Crippen molar-refractivity contribution in [3.63, 3.8) is 0 Å². The van der Waals surface area contributed by atoms with Crippen molar-refractivity contribution in [2.75, 3.05) is 19.6 Å². The number of azide groups is 1. The molecule has 0 saturated heterocycles. The number of nitrogens with zero attached hydrogens (tertiary/aromatic N) is 3. The predicted octanol–water partition coefficient (Wildman–Crippen LogP) is 1.71. The summed E-state index contributed by atoms with van der Waals surface area (Å²) in [6, 6.07) is 4.72. The predicted molar refractivity (Wildman–Crippen MR) is 71.3 cm³/mol. The Labute approximate surface area is 120 Å². The van der Waals surface area contributed by atoms with Crippen LogP contribution >= 0.6 is 11.6 Å². The van der Waals surface area contributed by atoms with E-state index >= 15 is 0 Å². The Kier molecular flexibility index (Phi) is 6.22. The first kappa shape index (κ1) is 15.7. The molecule has 0 fully saturated rings. The number of methoxy groups -OCH3 is 1. The number of alkyl halides is 1. The van der Waals surface area contributed by atoms with E-state index in [4.69, 9.17) is 26.6 Å². The first-order chi connectivity index (χ1) is 9.62. The number of carboxylic acid groups (broad SMARTS) is 1. The highest BCUT2D eigenvalue weighted by molar-refractivity contribution is 6.18. The molecule has 0 aliphatic carbocycles. The van der Waals surface area contributed by atoms with Gasteiger partial charge in [0.2, 0.25) is 0 Å². The van der Waals surface area contributed by atoms with Gasteiger partial charge in [-0.1, -0.05) is 11.2 Å². The Hall–Kier alpha value is -2.37. The van der Waals surface area contributed by atoms with Crippen LogP contribution in [0.25, 0.3) is 16.5 Å². The van der Waals surface area contributed by atoms with Crippen LogP contribution in [0.5, 0.6) is 11.5 Å². The molecule has 1 rings (SSSR count). The van der Waals surface area contributed by atoms with Gasteiger partial charge in [0.15, 0.2) is 11.5 Å². The third-order valence-corrected chi connectivity index (χ3v) is 2.34. The van der Waals surface area contributed by atoms with Gasteiger partial charge in [-0.2, -0.15) is 0 Å². The zero-order valence-electron chi connectivity index (χ0n) is 10.6. The van der Waals surface area contributed by atoms with Gasteiger partial charge in [0.05, 0.1) is 24.7 Å². The molecule has 0 heterocycles. The van der Waals surface area contributed by atoms with Crippen LogP contribution < -0.4 is 14.6 Å². The van der Waals surface area contributed by atoms with Gasteiger partial charge in [0.1, 0.15) is 6.61 Å². The Morgan fingerprint density at radius 3 is 2.85 bits per heavy atom. The number of halogens is 1. The number of carbonyl (C=O) groups is 1. The maximum atomic E-state index is 10.7. The highest BCUT2D eigenvalue weighted by atomic mass is 35.5. The van der Waals surface area contributed by atoms with Crippen LogP contribution in [0.4, 0.5) is 0 Å². The van der Waals surface area contributed by atoms with E-state index in [1.165, 1.54) is 13.2 Å². The van der Waals surface area contributed by atoms with Crippen LogP contribution in [-0.4, -0.2) is 25.6 Å². The molecule has 0 unspecified atom stereocenters.